The third-order valence-corrected chi connectivity index (χ3v) is 5.87. The van der Waals surface area contributed by atoms with Gasteiger partial charge in [-0.25, -0.2) is 13.2 Å². The summed E-state index contributed by atoms with van der Waals surface area (Å²) in [5.41, 5.74) is 0. The van der Waals surface area contributed by atoms with Crippen molar-refractivity contribution < 1.29 is 18.3 Å². The average molecular weight is 290 g/mol. The summed E-state index contributed by atoms with van der Waals surface area (Å²) in [5, 5.41) is 11.9. The van der Waals surface area contributed by atoms with Gasteiger partial charge in [0.15, 0.2) is 9.84 Å². The predicted octanol–water partition coefficient (Wildman–Crippen LogP) is -0.165. The Morgan fingerprint density at radius 2 is 1.89 bits per heavy atom. The summed E-state index contributed by atoms with van der Waals surface area (Å²) in [4.78, 5) is 13.7. The summed E-state index contributed by atoms with van der Waals surface area (Å²) >= 11 is 0. The highest BCUT2D eigenvalue weighted by Gasteiger charge is 2.29. The van der Waals surface area contributed by atoms with E-state index < -0.39 is 9.84 Å². The van der Waals surface area contributed by atoms with Crippen molar-refractivity contribution in [1.82, 2.24) is 10.2 Å². The van der Waals surface area contributed by atoms with Gasteiger partial charge >= 0.3 is 6.03 Å². The van der Waals surface area contributed by atoms with E-state index in [1.807, 2.05) is 0 Å². The monoisotopic (exact) mass is 290 g/mol. The van der Waals surface area contributed by atoms with E-state index in [0.717, 1.165) is 12.8 Å². The molecule has 1 atom stereocenters. The highest BCUT2D eigenvalue weighted by Crippen LogP contribution is 2.18. The second-order valence-electron chi connectivity index (χ2n) is 5.57. The maximum atomic E-state index is 11.9. The number of piperidine rings is 1. The molecule has 0 spiro atoms. The lowest BCUT2D eigenvalue weighted by Crippen LogP contribution is -2.46. The molecule has 2 aliphatic heterocycles. The van der Waals surface area contributed by atoms with Crippen molar-refractivity contribution in [3.63, 3.8) is 0 Å². The van der Waals surface area contributed by atoms with Gasteiger partial charge in [0.05, 0.1) is 11.5 Å². The number of carbonyl (C=O) groups excluding carboxylic acids is 1. The van der Waals surface area contributed by atoms with Gasteiger partial charge in [-0.05, 0) is 31.1 Å². The van der Waals surface area contributed by atoms with E-state index in [1.165, 1.54) is 0 Å². The van der Waals surface area contributed by atoms with Crippen LogP contribution in [0.3, 0.4) is 0 Å². The molecule has 0 unspecified atom stereocenters. The average Bonchev–Trinajstić information content (AvgIpc) is 2.76. The van der Waals surface area contributed by atoms with Crippen LogP contribution in [0.15, 0.2) is 0 Å². The van der Waals surface area contributed by atoms with E-state index in [1.54, 1.807) is 4.90 Å². The first-order valence-corrected chi connectivity index (χ1v) is 8.66. The maximum Gasteiger partial charge on any atom is 0.317 e. The second kappa shape index (κ2) is 6.09. The number of rotatable bonds is 3. The number of urea groups is 1. The second-order valence-corrected chi connectivity index (χ2v) is 7.80. The van der Waals surface area contributed by atoms with Crippen LogP contribution in [0, 0.1) is 11.8 Å². The van der Waals surface area contributed by atoms with Gasteiger partial charge in [0.25, 0.3) is 0 Å². The molecule has 6 nitrogen and oxygen atoms in total. The van der Waals surface area contributed by atoms with E-state index >= 15 is 0 Å². The molecule has 0 bridgehead atoms. The van der Waals surface area contributed by atoms with E-state index in [2.05, 4.69) is 5.32 Å². The number of aliphatic hydroxyl groups excluding tert-OH is 1. The van der Waals surface area contributed by atoms with Crippen LogP contribution in [-0.4, -0.2) is 62.2 Å². The zero-order chi connectivity index (χ0) is 13.9. The number of nitrogens with one attached hydrogen (secondary N) is 1. The van der Waals surface area contributed by atoms with Gasteiger partial charge in [-0.1, -0.05) is 0 Å². The van der Waals surface area contributed by atoms with Crippen molar-refractivity contribution in [2.45, 2.75) is 19.3 Å². The molecule has 19 heavy (non-hydrogen) atoms. The number of likely N-dealkylation sites (tertiary alicyclic amines) is 1. The van der Waals surface area contributed by atoms with Crippen LogP contribution in [0.1, 0.15) is 19.3 Å². The van der Waals surface area contributed by atoms with Crippen LogP contribution < -0.4 is 5.32 Å². The molecule has 2 N–H and O–H groups in total. The van der Waals surface area contributed by atoms with Gasteiger partial charge in [0.2, 0.25) is 0 Å². The smallest absolute Gasteiger partial charge is 0.317 e. The lowest BCUT2D eigenvalue weighted by molar-refractivity contribution is 0.137. The molecule has 2 amide bonds. The molecule has 0 saturated carbocycles. The molecule has 2 saturated heterocycles. The fourth-order valence-corrected chi connectivity index (χ4v) is 4.56. The number of amides is 2. The fraction of sp³-hybridized carbons (Fsp3) is 0.917. The maximum absolute atomic E-state index is 11.9. The SMILES string of the molecule is O=C(NC[C@@H]1CCS(=O)(=O)C1)N1CCC(CO)CC1. The van der Waals surface area contributed by atoms with E-state index in [0.29, 0.717) is 32.0 Å². The van der Waals surface area contributed by atoms with E-state index in [9.17, 15) is 13.2 Å². The predicted molar refractivity (Wildman–Crippen MR) is 71.5 cm³/mol. The lowest BCUT2D eigenvalue weighted by Gasteiger charge is -2.31. The molecular formula is C12H22N2O4S. The molecule has 2 heterocycles. The van der Waals surface area contributed by atoms with Gasteiger partial charge in [-0.15, -0.1) is 0 Å². The first-order valence-electron chi connectivity index (χ1n) is 6.84. The zero-order valence-electron chi connectivity index (χ0n) is 11.0. The quantitative estimate of drug-likeness (QED) is 0.756. The third-order valence-electron chi connectivity index (χ3n) is 4.03. The van der Waals surface area contributed by atoms with Crippen molar-refractivity contribution in [3.8, 4) is 0 Å². The molecule has 0 aromatic rings. The zero-order valence-corrected chi connectivity index (χ0v) is 11.9. The molecule has 2 fully saturated rings. The summed E-state index contributed by atoms with van der Waals surface area (Å²) < 4.78 is 22.6. The van der Waals surface area contributed by atoms with Crippen molar-refractivity contribution in [2.75, 3.05) is 37.7 Å². The van der Waals surface area contributed by atoms with Crippen molar-refractivity contribution >= 4 is 15.9 Å². The molecular weight excluding hydrogens is 268 g/mol. The molecule has 7 heteroatoms. The Balaban J connectivity index is 1.71. The first kappa shape index (κ1) is 14.6. The Bertz CT molecular complexity index is 415. The Kier molecular flexibility index (Phi) is 4.67. The Hall–Kier alpha value is -0.820. The van der Waals surface area contributed by atoms with Gasteiger partial charge in [0.1, 0.15) is 0 Å². The minimum atomic E-state index is -2.87. The molecule has 0 aromatic carbocycles. The molecule has 2 aliphatic rings. The number of hydrogen-bond acceptors (Lipinski definition) is 4. The number of sulfone groups is 1. The summed E-state index contributed by atoms with van der Waals surface area (Å²) in [7, 11) is -2.87. The standard InChI is InChI=1S/C12H22N2O4S/c15-8-10-1-4-14(5-2-10)12(16)13-7-11-3-6-19(17,18)9-11/h10-11,15H,1-9H2,(H,13,16)/t11-/m0/s1. The van der Waals surface area contributed by atoms with Crippen LogP contribution in [0.5, 0.6) is 0 Å². The lowest BCUT2D eigenvalue weighted by atomic mass is 9.98. The number of nitrogens with zero attached hydrogens (tertiary/aromatic N) is 1. The molecule has 2 rings (SSSR count). The highest BCUT2D eigenvalue weighted by molar-refractivity contribution is 7.91. The van der Waals surface area contributed by atoms with Crippen LogP contribution in [-0.2, 0) is 9.84 Å². The van der Waals surface area contributed by atoms with Crippen LogP contribution >= 0.6 is 0 Å². The van der Waals surface area contributed by atoms with Crippen LogP contribution in [0.2, 0.25) is 0 Å². The summed E-state index contributed by atoms with van der Waals surface area (Å²) in [6, 6.07) is -0.110. The molecule has 0 radical (unpaired) electrons. The summed E-state index contributed by atoms with van der Waals surface area (Å²) in [6.45, 7) is 1.97. The number of carbonyl (C=O) groups is 1. The Morgan fingerprint density at radius 1 is 1.21 bits per heavy atom. The molecule has 0 aromatic heterocycles. The van der Waals surface area contributed by atoms with Crippen molar-refractivity contribution in [1.29, 1.82) is 0 Å². The molecule has 110 valence electrons. The largest absolute Gasteiger partial charge is 0.396 e. The van der Waals surface area contributed by atoms with Gasteiger partial charge in [-0.2, -0.15) is 0 Å². The van der Waals surface area contributed by atoms with Crippen LogP contribution in [0.25, 0.3) is 0 Å². The van der Waals surface area contributed by atoms with E-state index in [4.69, 9.17) is 5.11 Å². The van der Waals surface area contributed by atoms with E-state index in [-0.39, 0.29) is 30.1 Å². The highest BCUT2D eigenvalue weighted by atomic mass is 32.2. The first-order chi connectivity index (χ1) is 9.00. The van der Waals surface area contributed by atoms with Crippen molar-refractivity contribution in [3.05, 3.63) is 0 Å². The van der Waals surface area contributed by atoms with Crippen LogP contribution in [0.4, 0.5) is 4.79 Å². The Morgan fingerprint density at radius 3 is 2.42 bits per heavy atom. The normalized spacial score (nSPS) is 27.4. The minimum Gasteiger partial charge on any atom is -0.396 e. The Labute approximate surface area is 114 Å². The van der Waals surface area contributed by atoms with Gasteiger partial charge in [0, 0.05) is 26.2 Å². The minimum absolute atomic E-state index is 0.0592. The fourth-order valence-electron chi connectivity index (χ4n) is 2.70. The van der Waals surface area contributed by atoms with Gasteiger partial charge < -0.3 is 15.3 Å². The summed E-state index contributed by atoms with van der Waals surface area (Å²) in [5.74, 6) is 0.808. The van der Waals surface area contributed by atoms with Crippen molar-refractivity contribution in [2.24, 2.45) is 11.8 Å². The summed E-state index contributed by atoms with van der Waals surface area (Å²) in [6.07, 6.45) is 2.32. The third kappa shape index (κ3) is 4.07. The number of hydrogen-bond donors (Lipinski definition) is 2. The topological polar surface area (TPSA) is 86.7 Å². The number of aliphatic hydroxyl groups is 1. The van der Waals surface area contributed by atoms with Gasteiger partial charge in [-0.3, -0.25) is 0 Å². The molecule has 0 aliphatic carbocycles.